The van der Waals surface area contributed by atoms with Gasteiger partial charge in [-0.3, -0.25) is 14.4 Å². The number of hydrogen-bond donors (Lipinski definition) is 0. The van der Waals surface area contributed by atoms with Crippen LogP contribution in [0.1, 0.15) is 18.2 Å². The molecular formula is C23H27ClN4O. The zero-order chi connectivity index (χ0) is 20.4. The Kier molecular flexibility index (Phi) is 5.79. The highest BCUT2D eigenvalue weighted by molar-refractivity contribution is 6.31. The first-order valence-corrected chi connectivity index (χ1v) is 10.6. The van der Waals surface area contributed by atoms with E-state index in [1.54, 1.807) is 4.68 Å². The van der Waals surface area contributed by atoms with E-state index in [9.17, 15) is 4.79 Å². The standard InChI is InChI=1S/C23H27ClN4O/c1-3-27-21(22(24)23(29)28(27)19-10-5-4-6-11-19)17-25-13-15-26(16-14-25)20-12-8-7-9-18(20)2/h4-12H,3,13-17H2,1-2H3. The van der Waals surface area contributed by atoms with Crippen molar-refractivity contribution in [3.8, 4) is 5.69 Å². The highest BCUT2D eigenvalue weighted by Gasteiger charge is 2.24. The second-order valence-corrected chi connectivity index (χ2v) is 7.86. The van der Waals surface area contributed by atoms with Gasteiger partial charge in [-0.25, -0.2) is 4.68 Å². The normalized spacial score (nSPS) is 15.1. The zero-order valence-corrected chi connectivity index (χ0v) is 17.8. The number of hydrogen-bond acceptors (Lipinski definition) is 3. The fourth-order valence-electron chi connectivity index (χ4n) is 4.15. The van der Waals surface area contributed by atoms with Gasteiger partial charge in [-0.2, -0.15) is 0 Å². The smallest absolute Gasteiger partial charge is 0.290 e. The number of halogens is 1. The van der Waals surface area contributed by atoms with Crippen LogP contribution in [0.5, 0.6) is 0 Å². The van der Waals surface area contributed by atoms with Gasteiger partial charge in [0.25, 0.3) is 5.56 Å². The van der Waals surface area contributed by atoms with Gasteiger partial charge in [0.2, 0.25) is 0 Å². The van der Waals surface area contributed by atoms with Crippen molar-refractivity contribution in [1.29, 1.82) is 0 Å². The molecule has 0 saturated carbocycles. The SMILES string of the molecule is CCn1c(CN2CCN(c3ccccc3C)CC2)c(Cl)c(=O)n1-c1ccccc1. The van der Waals surface area contributed by atoms with E-state index in [0.29, 0.717) is 18.1 Å². The summed E-state index contributed by atoms with van der Waals surface area (Å²) >= 11 is 6.52. The van der Waals surface area contributed by atoms with Gasteiger partial charge in [-0.15, -0.1) is 0 Å². The predicted molar refractivity (Wildman–Crippen MR) is 119 cm³/mol. The van der Waals surface area contributed by atoms with Crippen LogP contribution in [-0.2, 0) is 13.1 Å². The molecule has 0 amide bonds. The quantitative estimate of drug-likeness (QED) is 0.638. The van der Waals surface area contributed by atoms with Gasteiger partial charge in [-0.05, 0) is 37.6 Å². The summed E-state index contributed by atoms with van der Waals surface area (Å²) < 4.78 is 3.70. The fourth-order valence-corrected chi connectivity index (χ4v) is 4.38. The van der Waals surface area contributed by atoms with E-state index in [1.165, 1.54) is 11.3 Å². The van der Waals surface area contributed by atoms with Crippen molar-refractivity contribution < 1.29 is 0 Å². The molecule has 0 aliphatic carbocycles. The van der Waals surface area contributed by atoms with Crippen molar-refractivity contribution in [2.75, 3.05) is 31.1 Å². The summed E-state index contributed by atoms with van der Waals surface area (Å²) in [6.45, 7) is 9.41. The topological polar surface area (TPSA) is 33.4 Å². The van der Waals surface area contributed by atoms with Crippen LogP contribution in [0, 0.1) is 6.92 Å². The molecule has 1 saturated heterocycles. The van der Waals surface area contributed by atoms with E-state index in [2.05, 4.69) is 47.9 Å². The van der Waals surface area contributed by atoms with Crippen LogP contribution in [-0.4, -0.2) is 40.4 Å². The Labute approximate surface area is 176 Å². The summed E-state index contributed by atoms with van der Waals surface area (Å²) in [5.41, 5.74) is 4.21. The summed E-state index contributed by atoms with van der Waals surface area (Å²) in [6, 6.07) is 18.2. The lowest BCUT2D eigenvalue weighted by Gasteiger charge is -2.36. The van der Waals surface area contributed by atoms with Crippen LogP contribution < -0.4 is 10.5 Å². The highest BCUT2D eigenvalue weighted by Crippen LogP contribution is 2.23. The fraction of sp³-hybridized carbons (Fsp3) is 0.348. The molecule has 5 nitrogen and oxygen atoms in total. The molecule has 0 bridgehead atoms. The third-order valence-electron chi connectivity index (χ3n) is 5.69. The third kappa shape index (κ3) is 3.85. The van der Waals surface area contributed by atoms with Gasteiger partial charge in [0.05, 0.1) is 11.4 Å². The maximum atomic E-state index is 12.9. The molecule has 152 valence electrons. The third-order valence-corrected chi connectivity index (χ3v) is 6.07. The molecule has 29 heavy (non-hydrogen) atoms. The minimum atomic E-state index is -0.145. The highest BCUT2D eigenvalue weighted by atomic mass is 35.5. The van der Waals surface area contributed by atoms with Crippen LogP contribution in [0.25, 0.3) is 5.69 Å². The first-order valence-electron chi connectivity index (χ1n) is 10.2. The Morgan fingerprint density at radius 3 is 2.24 bits per heavy atom. The Morgan fingerprint density at radius 2 is 1.59 bits per heavy atom. The lowest BCUT2D eigenvalue weighted by Crippen LogP contribution is -2.46. The molecule has 0 atom stereocenters. The summed E-state index contributed by atoms with van der Waals surface area (Å²) in [6.07, 6.45) is 0. The van der Waals surface area contributed by atoms with Gasteiger partial charge in [0.15, 0.2) is 0 Å². The van der Waals surface area contributed by atoms with Crippen molar-refractivity contribution in [2.24, 2.45) is 0 Å². The Bertz CT molecular complexity index is 1030. The van der Waals surface area contributed by atoms with E-state index in [-0.39, 0.29) is 5.56 Å². The van der Waals surface area contributed by atoms with E-state index in [0.717, 1.165) is 37.6 Å². The maximum absolute atomic E-state index is 12.9. The summed E-state index contributed by atoms with van der Waals surface area (Å²) in [5, 5.41) is 0.331. The van der Waals surface area contributed by atoms with E-state index in [1.807, 2.05) is 35.0 Å². The second-order valence-electron chi connectivity index (χ2n) is 7.48. The first kappa shape index (κ1) is 19.8. The average molecular weight is 411 g/mol. The molecule has 1 aliphatic heterocycles. The molecule has 2 aromatic carbocycles. The molecule has 0 N–H and O–H groups in total. The van der Waals surface area contributed by atoms with Crippen LogP contribution >= 0.6 is 11.6 Å². The number of benzene rings is 2. The van der Waals surface area contributed by atoms with Crippen molar-refractivity contribution in [3.05, 3.63) is 81.2 Å². The number of nitrogens with zero attached hydrogens (tertiary/aromatic N) is 4. The molecule has 4 rings (SSSR count). The van der Waals surface area contributed by atoms with Crippen molar-refractivity contribution in [1.82, 2.24) is 14.3 Å². The minimum Gasteiger partial charge on any atom is -0.369 e. The molecule has 0 unspecified atom stereocenters. The second kappa shape index (κ2) is 8.47. The van der Waals surface area contributed by atoms with Gasteiger partial charge in [0.1, 0.15) is 5.02 Å². The van der Waals surface area contributed by atoms with Crippen molar-refractivity contribution in [3.63, 3.8) is 0 Å². The van der Waals surface area contributed by atoms with E-state index in [4.69, 9.17) is 11.6 Å². The maximum Gasteiger partial charge on any atom is 0.290 e. The Hall–Kier alpha value is -2.50. The number of rotatable bonds is 5. The monoisotopic (exact) mass is 410 g/mol. The predicted octanol–water partition coefficient (Wildman–Crippen LogP) is 3.94. The van der Waals surface area contributed by atoms with Crippen LogP contribution in [0.2, 0.25) is 5.02 Å². The largest absolute Gasteiger partial charge is 0.369 e. The van der Waals surface area contributed by atoms with Gasteiger partial charge in [-0.1, -0.05) is 48.0 Å². The number of para-hydroxylation sites is 2. The molecule has 0 spiro atoms. The molecule has 3 aromatic rings. The lowest BCUT2D eigenvalue weighted by atomic mass is 10.1. The molecule has 1 fully saturated rings. The first-order chi connectivity index (χ1) is 14.1. The van der Waals surface area contributed by atoms with Crippen molar-refractivity contribution >= 4 is 17.3 Å². The average Bonchev–Trinajstić information content (AvgIpc) is 2.99. The van der Waals surface area contributed by atoms with Gasteiger partial charge in [0, 0.05) is 45.0 Å². The minimum absolute atomic E-state index is 0.145. The molecule has 6 heteroatoms. The Morgan fingerprint density at radius 1 is 0.931 bits per heavy atom. The summed E-state index contributed by atoms with van der Waals surface area (Å²) in [5.74, 6) is 0. The van der Waals surface area contributed by atoms with E-state index < -0.39 is 0 Å². The molecule has 1 aromatic heterocycles. The molecular weight excluding hydrogens is 384 g/mol. The number of aryl methyl sites for hydroxylation is 1. The van der Waals surface area contributed by atoms with Crippen molar-refractivity contribution in [2.45, 2.75) is 26.9 Å². The zero-order valence-electron chi connectivity index (χ0n) is 17.0. The molecule has 1 aliphatic rings. The Balaban J connectivity index is 1.54. The number of aromatic nitrogens is 2. The van der Waals surface area contributed by atoms with Gasteiger partial charge < -0.3 is 4.90 Å². The molecule has 2 heterocycles. The van der Waals surface area contributed by atoms with Crippen LogP contribution in [0.4, 0.5) is 5.69 Å². The number of anilines is 1. The summed E-state index contributed by atoms with van der Waals surface area (Å²) in [4.78, 5) is 17.7. The van der Waals surface area contributed by atoms with Crippen LogP contribution in [0.3, 0.4) is 0 Å². The molecule has 0 radical (unpaired) electrons. The number of piperazine rings is 1. The van der Waals surface area contributed by atoms with Crippen LogP contribution in [0.15, 0.2) is 59.4 Å². The summed E-state index contributed by atoms with van der Waals surface area (Å²) in [7, 11) is 0. The lowest BCUT2D eigenvalue weighted by molar-refractivity contribution is 0.241. The van der Waals surface area contributed by atoms with E-state index >= 15 is 0 Å². The van der Waals surface area contributed by atoms with Gasteiger partial charge >= 0.3 is 0 Å².